The van der Waals surface area contributed by atoms with Crippen molar-refractivity contribution < 1.29 is 9.59 Å². The third-order valence-corrected chi connectivity index (χ3v) is 5.29. The Hall–Kier alpha value is -3.93. The molecule has 4 aromatic rings. The van der Waals surface area contributed by atoms with Gasteiger partial charge in [0, 0.05) is 27.6 Å². The van der Waals surface area contributed by atoms with Crippen molar-refractivity contribution in [2.45, 2.75) is 27.3 Å². The van der Waals surface area contributed by atoms with Gasteiger partial charge in [-0.3, -0.25) is 14.4 Å². The highest BCUT2D eigenvalue weighted by molar-refractivity contribution is 5.98. The van der Waals surface area contributed by atoms with Crippen molar-refractivity contribution in [3.63, 3.8) is 0 Å². The number of anilines is 2. The Morgan fingerprint density at radius 2 is 1.22 bits per heavy atom. The van der Waals surface area contributed by atoms with Crippen LogP contribution in [0.5, 0.6) is 0 Å². The average Bonchev–Trinajstić information content (AvgIpc) is 2.77. The second-order valence-corrected chi connectivity index (χ2v) is 8.78. The zero-order chi connectivity index (χ0) is 22.9. The van der Waals surface area contributed by atoms with Gasteiger partial charge >= 0.3 is 0 Å². The fraction of sp³-hybridized carbons (Fsp3) is 0.192. The summed E-state index contributed by atoms with van der Waals surface area (Å²) in [5, 5.41) is 6.92. The van der Waals surface area contributed by atoms with Crippen LogP contribution in [0.3, 0.4) is 0 Å². The van der Waals surface area contributed by atoms with Gasteiger partial charge in [-0.15, -0.1) is 0 Å². The van der Waals surface area contributed by atoms with Crippen LogP contribution in [0.15, 0.2) is 77.6 Å². The molecule has 6 heteroatoms. The number of amides is 2. The first-order valence-electron chi connectivity index (χ1n) is 10.5. The summed E-state index contributed by atoms with van der Waals surface area (Å²) in [4.78, 5) is 37.8. The van der Waals surface area contributed by atoms with Crippen LogP contribution in [-0.2, 0) is 16.1 Å². The zero-order valence-electron chi connectivity index (χ0n) is 18.3. The molecule has 0 fully saturated rings. The molecule has 0 unspecified atom stereocenters. The molecule has 0 aliphatic rings. The maximum absolute atomic E-state index is 12.9. The largest absolute Gasteiger partial charge is 0.331 e. The van der Waals surface area contributed by atoms with Gasteiger partial charge in [0.15, 0.2) is 5.43 Å². The van der Waals surface area contributed by atoms with Crippen LogP contribution in [-0.4, -0.2) is 16.4 Å². The fourth-order valence-corrected chi connectivity index (χ4v) is 3.55. The molecule has 2 amide bonds. The first-order valence-corrected chi connectivity index (χ1v) is 10.5. The van der Waals surface area contributed by atoms with Gasteiger partial charge in [0.1, 0.15) is 6.54 Å². The Balaban J connectivity index is 1.58. The second-order valence-electron chi connectivity index (χ2n) is 8.78. The number of carbonyl (C=O) groups excluding carboxylic acids is 2. The molecule has 6 nitrogen and oxygen atoms in total. The number of nitrogens with one attached hydrogen (secondary N) is 2. The van der Waals surface area contributed by atoms with Crippen LogP contribution in [0.25, 0.3) is 21.8 Å². The highest BCUT2D eigenvalue weighted by atomic mass is 16.2. The average molecular weight is 428 g/mol. The maximum Gasteiger partial charge on any atom is 0.244 e. The number of nitrogens with zero attached hydrogens (tertiary/aromatic N) is 1. The number of aromatic nitrogens is 1. The van der Waals surface area contributed by atoms with Crippen LogP contribution < -0.4 is 16.1 Å². The molecule has 32 heavy (non-hydrogen) atoms. The van der Waals surface area contributed by atoms with Crippen molar-refractivity contribution in [1.29, 1.82) is 0 Å². The van der Waals surface area contributed by atoms with Crippen molar-refractivity contribution in [3.8, 4) is 0 Å². The van der Waals surface area contributed by atoms with E-state index in [9.17, 15) is 14.4 Å². The lowest BCUT2D eigenvalue weighted by atomic mass is 9.95. The van der Waals surface area contributed by atoms with E-state index in [1.165, 1.54) is 0 Å². The first-order chi connectivity index (χ1) is 15.2. The smallest absolute Gasteiger partial charge is 0.244 e. The van der Waals surface area contributed by atoms with Gasteiger partial charge in [-0.1, -0.05) is 45.0 Å². The molecule has 0 atom stereocenters. The van der Waals surface area contributed by atoms with Gasteiger partial charge in [-0.2, -0.15) is 0 Å². The lowest BCUT2D eigenvalue weighted by Crippen LogP contribution is -2.27. The standard InChI is InChI=1S/C26H25N3O3/c1-26(2,3)25(32)28-18-14-12-17(13-15-18)27-23(30)16-29-21-10-6-4-8-19(21)24(31)20-9-5-7-11-22(20)29/h4-15H,16H2,1-3H3,(H,27,30)(H,28,32). The molecule has 1 heterocycles. The predicted octanol–water partition coefficient (Wildman–Crippen LogP) is 4.78. The van der Waals surface area contributed by atoms with Gasteiger partial charge in [0.25, 0.3) is 0 Å². The van der Waals surface area contributed by atoms with Crippen molar-refractivity contribution in [3.05, 3.63) is 83.0 Å². The molecule has 0 radical (unpaired) electrons. The summed E-state index contributed by atoms with van der Waals surface area (Å²) in [5.74, 6) is -0.290. The van der Waals surface area contributed by atoms with Crippen molar-refractivity contribution in [2.75, 3.05) is 10.6 Å². The summed E-state index contributed by atoms with van der Waals surface area (Å²) in [6, 6.07) is 21.6. The number of rotatable bonds is 4. The lowest BCUT2D eigenvalue weighted by molar-refractivity contribution is -0.123. The number of carbonyl (C=O) groups is 2. The van der Waals surface area contributed by atoms with Crippen LogP contribution in [0, 0.1) is 5.41 Å². The first kappa shape index (κ1) is 21.3. The van der Waals surface area contributed by atoms with Gasteiger partial charge in [-0.25, -0.2) is 0 Å². The Morgan fingerprint density at radius 3 is 1.72 bits per heavy atom. The van der Waals surface area contributed by atoms with Gasteiger partial charge in [0.05, 0.1) is 11.0 Å². The second kappa shape index (κ2) is 8.30. The fourth-order valence-electron chi connectivity index (χ4n) is 3.55. The highest BCUT2D eigenvalue weighted by Crippen LogP contribution is 2.21. The van der Waals surface area contributed by atoms with E-state index in [4.69, 9.17) is 0 Å². The number of para-hydroxylation sites is 2. The summed E-state index contributed by atoms with van der Waals surface area (Å²) in [5.41, 5.74) is 2.19. The van der Waals surface area contributed by atoms with Crippen molar-refractivity contribution >= 4 is 45.0 Å². The molecule has 3 aromatic carbocycles. The van der Waals surface area contributed by atoms with Crippen molar-refractivity contribution in [2.24, 2.45) is 5.41 Å². The normalized spacial score (nSPS) is 11.5. The van der Waals surface area contributed by atoms with E-state index in [1.54, 1.807) is 36.4 Å². The molecule has 1 aromatic heterocycles. The van der Waals surface area contributed by atoms with Crippen LogP contribution in [0.4, 0.5) is 11.4 Å². The summed E-state index contributed by atoms with van der Waals surface area (Å²) >= 11 is 0. The zero-order valence-corrected chi connectivity index (χ0v) is 18.3. The van der Waals surface area contributed by atoms with E-state index in [0.29, 0.717) is 33.2 Å². The maximum atomic E-state index is 12.9. The minimum absolute atomic E-state index is 0.0410. The summed E-state index contributed by atoms with van der Waals surface area (Å²) in [7, 11) is 0. The van der Waals surface area contributed by atoms with E-state index >= 15 is 0 Å². The molecular formula is C26H25N3O3. The Labute approximate surface area is 185 Å². The predicted molar refractivity (Wildman–Crippen MR) is 129 cm³/mol. The monoisotopic (exact) mass is 427 g/mol. The van der Waals surface area contributed by atoms with E-state index in [2.05, 4.69) is 10.6 Å². The van der Waals surface area contributed by atoms with Crippen molar-refractivity contribution in [1.82, 2.24) is 4.57 Å². The Morgan fingerprint density at radius 1 is 0.750 bits per heavy atom. The minimum Gasteiger partial charge on any atom is -0.331 e. The molecule has 2 N–H and O–H groups in total. The molecule has 4 rings (SSSR count). The van der Waals surface area contributed by atoms with E-state index in [-0.39, 0.29) is 23.8 Å². The topological polar surface area (TPSA) is 80.2 Å². The molecule has 0 saturated heterocycles. The lowest BCUT2D eigenvalue weighted by Gasteiger charge is -2.18. The number of fused-ring (bicyclic) bond motifs is 2. The highest BCUT2D eigenvalue weighted by Gasteiger charge is 2.21. The quantitative estimate of drug-likeness (QED) is 0.460. The van der Waals surface area contributed by atoms with E-state index in [1.807, 2.05) is 61.7 Å². The van der Waals surface area contributed by atoms with E-state index in [0.717, 1.165) is 0 Å². The third kappa shape index (κ3) is 4.25. The Kier molecular flexibility index (Phi) is 5.53. The third-order valence-electron chi connectivity index (χ3n) is 5.29. The summed E-state index contributed by atoms with van der Waals surface area (Å²) < 4.78 is 1.86. The number of hydrogen-bond donors (Lipinski definition) is 2. The minimum atomic E-state index is -0.491. The summed E-state index contributed by atoms with van der Waals surface area (Å²) in [6.45, 7) is 5.61. The molecule has 0 aliphatic carbocycles. The molecule has 0 saturated carbocycles. The summed E-state index contributed by atoms with van der Waals surface area (Å²) in [6.07, 6.45) is 0. The van der Waals surface area contributed by atoms with Crippen LogP contribution in [0.1, 0.15) is 20.8 Å². The Bertz CT molecular complexity index is 1320. The SMILES string of the molecule is CC(C)(C)C(=O)Nc1ccc(NC(=O)Cn2c3ccccc3c(=O)c3ccccc32)cc1. The number of hydrogen-bond acceptors (Lipinski definition) is 3. The van der Waals surface area contributed by atoms with Crippen LogP contribution >= 0.6 is 0 Å². The van der Waals surface area contributed by atoms with Gasteiger partial charge in [0.2, 0.25) is 11.8 Å². The van der Waals surface area contributed by atoms with Gasteiger partial charge < -0.3 is 15.2 Å². The number of pyridine rings is 1. The molecule has 0 bridgehead atoms. The van der Waals surface area contributed by atoms with Crippen LogP contribution in [0.2, 0.25) is 0 Å². The molecule has 162 valence electrons. The van der Waals surface area contributed by atoms with E-state index < -0.39 is 5.41 Å². The molecular weight excluding hydrogens is 402 g/mol. The molecule has 0 aliphatic heterocycles. The molecule has 0 spiro atoms. The van der Waals surface area contributed by atoms with Gasteiger partial charge in [-0.05, 0) is 48.5 Å². The number of benzene rings is 3.